The summed E-state index contributed by atoms with van der Waals surface area (Å²) in [6, 6.07) is 5.87. The standard InChI is InChI=1S/C20H27N5O2S/c1-4-25-17(22-23-20(25)28)11-21-18(26)15-6-5-7-24(12-15)19(27)16-9-13(2)8-14(3)10-16/h8-10,15H,4-7,11-12H2,1-3H3,(H,21,26)(H,23,28). The monoisotopic (exact) mass is 401 g/mol. The van der Waals surface area contributed by atoms with Crippen LogP contribution in [-0.2, 0) is 17.9 Å². The lowest BCUT2D eigenvalue weighted by atomic mass is 9.96. The van der Waals surface area contributed by atoms with Crippen molar-refractivity contribution in [1.29, 1.82) is 0 Å². The summed E-state index contributed by atoms with van der Waals surface area (Å²) >= 11 is 5.17. The Morgan fingerprint density at radius 1 is 1.29 bits per heavy atom. The largest absolute Gasteiger partial charge is 0.348 e. The van der Waals surface area contributed by atoms with E-state index in [1.165, 1.54) is 0 Å². The summed E-state index contributed by atoms with van der Waals surface area (Å²) < 4.78 is 2.40. The van der Waals surface area contributed by atoms with Gasteiger partial charge in [-0.25, -0.2) is 0 Å². The van der Waals surface area contributed by atoms with Gasteiger partial charge in [0, 0.05) is 25.2 Å². The topological polar surface area (TPSA) is 83.0 Å². The molecule has 28 heavy (non-hydrogen) atoms. The Kier molecular flexibility index (Phi) is 6.28. The van der Waals surface area contributed by atoms with Crippen LogP contribution in [0.5, 0.6) is 0 Å². The Labute approximate surface area is 170 Å². The van der Waals surface area contributed by atoms with Gasteiger partial charge in [-0.3, -0.25) is 14.7 Å². The number of rotatable bonds is 5. The van der Waals surface area contributed by atoms with E-state index in [9.17, 15) is 9.59 Å². The number of H-pyrrole nitrogens is 1. The molecular formula is C20H27N5O2S. The number of piperidine rings is 1. The molecule has 1 unspecified atom stereocenters. The maximum absolute atomic E-state index is 12.9. The summed E-state index contributed by atoms with van der Waals surface area (Å²) in [5.41, 5.74) is 2.83. The summed E-state index contributed by atoms with van der Waals surface area (Å²) in [5.74, 6) is 0.450. The lowest BCUT2D eigenvalue weighted by Crippen LogP contribution is -2.45. The maximum Gasteiger partial charge on any atom is 0.253 e. The zero-order chi connectivity index (χ0) is 20.3. The van der Waals surface area contributed by atoms with Crippen molar-refractivity contribution in [3.05, 3.63) is 45.5 Å². The van der Waals surface area contributed by atoms with Crippen LogP contribution in [0.1, 0.15) is 47.1 Å². The van der Waals surface area contributed by atoms with Crippen molar-refractivity contribution in [2.75, 3.05) is 13.1 Å². The summed E-state index contributed by atoms with van der Waals surface area (Å²) in [7, 11) is 0. The smallest absolute Gasteiger partial charge is 0.253 e. The number of hydrogen-bond donors (Lipinski definition) is 2. The molecule has 1 fully saturated rings. The molecule has 2 N–H and O–H groups in total. The third-order valence-corrected chi connectivity index (χ3v) is 5.43. The molecule has 2 aromatic rings. The summed E-state index contributed by atoms with van der Waals surface area (Å²) in [6.45, 7) is 8.10. The fourth-order valence-electron chi connectivity index (χ4n) is 3.78. The minimum Gasteiger partial charge on any atom is -0.348 e. The van der Waals surface area contributed by atoms with E-state index in [1.807, 2.05) is 37.5 Å². The number of amides is 2. The lowest BCUT2D eigenvalue weighted by Gasteiger charge is -2.32. The minimum absolute atomic E-state index is 0.00354. The summed E-state index contributed by atoms with van der Waals surface area (Å²) in [6.07, 6.45) is 1.60. The Balaban J connectivity index is 1.63. The predicted octanol–water partition coefficient (Wildman–Crippen LogP) is 2.75. The van der Waals surface area contributed by atoms with Crippen molar-refractivity contribution in [1.82, 2.24) is 25.0 Å². The highest BCUT2D eigenvalue weighted by atomic mass is 32.1. The van der Waals surface area contributed by atoms with Crippen molar-refractivity contribution in [3.8, 4) is 0 Å². The first-order valence-electron chi connectivity index (χ1n) is 9.68. The van der Waals surface area contributed by atoms with Gasteiger partial charge in [0.1, 0.15) is 0 Å². The number of aromatic nitrogens is 3. The molecule has 2 amide bonds. The van der Waals surface area contributed by atoms with Crippen LogP contribution in [0.15, 0.2) is 18.2 Å². The van der Waals surface area contributed by atoms with Crippen LogP contribution in [0.25, 0.3) is 0 Å². The van der Waals surface area contributed by atoms with Crippen LogP contribution < -0.4 is 5.32 Å². The summed E-state index contributed by atoms with van der Waals surface area (Å²) in [5, 5.41) is 9.87. The van der Waals surface area contributed by atoms with Crippen LogP contribution in [0, 0.1) is 24.5 Å². The molecule has 0 aliphatic carbocycles. The number of likely N-dealkylation sites (tertiary alicyclic amines) is 1. The molecule has 0 radical (unpaired) electrons. The van der Waals surface area contributed by atoms with Crippen molar-refractivity contribution in [2.24, 2.45) is 5.92 Å². The lowest BCUT2D eigenvalue weighted by molar-refractivity contribution is -0.126. The van der Waals surface area contributed by atoms with Crippen molar-refractivity contribution in [2.45, 2.75) is 46.7 Å². The second-order valence-electron chi connectivity index (χ2n) is 7.37. The van der Waals surface area contributed by atoms with E-state index >= 15 is 0 Å². The molecule has 0 spiro atoms. The summed E-state index contributed by atoms with van der Waals surface area (Å²) in [4.78, 5) is 27.4. The number of aryl methyl sites for hydroxylation is 2. The number of nitrogens with one attached hydrogen (secondary N) is 2. The molecule has 1 aromatic heterocycles. The van der Waals surface area contributed by atoms with Gasteiger partial charge in [-0.15, -0.1) is 0 Å². The molecule has 1 saturated heterocycles. The molecule has 8 heteroatoms. The van der Waals surface area contributed by atoms with Gasteiger partial charge in [0.2, 0.25) is 5.91 Å². The van der Waals surface area contributed by atoms with E-state index in [2.05, 4.69) is 21.6 Å². The third kappa shape index (κ3) is 4.49. The van der Waals surface area contributed by atoms with Gasteiger partial charge in [0.15, 0.2) is 10.6 Å². The van der Waals surface area contributed by atoms with Crippen LogP contribution in [-0.4, -0.2) is 44.6 Å². The van der Waals surface area contributed by atoms with Crippen molar-refractivity contribution < 1.29 is 9.59 Å². The van der Waals surface area contributed by atoms with Crippen LogP contribution in [0.2, 0.25) is 0 Å². The van der Waals surface area contributed by atoms with Gasteiger partial charge in [0.25, 0.3) is 5.91 Å². The number of carbonyl (C=O) groups excluding carboxylic acids is 2. The van der Waals surface area contributed by atoms with Gasteiger partial charge < -0.3 is 14.8 Å². The number of hydrogen-bond acceptors (Lipinski definition) is 4. The van der Waals surface area contributed by atoms with E-state index in [0.717, 1.165) is 24.0 Å². The molecule has 1 aliphatic rings. The molecule has 2 heterocycles. The SMILES string of the molecule is CCn1c(CNC(=O)C2CCCN(C(=O)c3cc(C)cc(C)c3)C2)n[nH]c1=S. The molecule has 1 aliphatic heterocycles. The molecule has 7 nitrogen and oxygen atoms in total. The van der Waals surface area contributed by atoms with E-state index in [0.29, 0.717) is 42.3 Å². The second kappa shape index (κ2) is 8.68. The average molecular weight is 402 g/mol. The second-order valence-corrected chi connectivity index (χ2v) is 7.76. The highest BCUT2D eigenvalue weighted by Crippen LogP contribution is 2.20. The first kappa shape index (κ1) is 20.3. The molecule has 1 aromatic carbocycles. The molecule has 0 saturated carbocycles. The van der Waals surface area contributed by atoms with E-state index in [1.54, 1.807) is 4.90 Å². The third-order valence-electron chi connectivity index (χ3n) is 5.12. The molecular weight excluding hydrogens is 374 g/mol. The zero-order valence-electron chi connectivity index (χ0n) is 16.6. The van der Waals surface area contributed by atoms with Crippen LogP contribution in [0.4, 0.5) is 0 Å². The van der Waals surface area contributed by atoms with Gasteiger partial charge in [-0.05, 0) is 58.0 Å². The normalized spacial score (nSPS) is 16.8. The molecule has 3 rings (SSSR count). The van der Waals surface area contributed by atoms with E-state index < -0.39 is 0 Å². The molecule has 150 valence electrons. The Morgan fingerprint density at radius 2 is 2.00 bits per heavy atom. The first-order chi connectivity index (χ1) is 13.4. The molecule has 1 atom stereocenters. The number of benzene rings is 1. The molecule has 0 bridgehead atoms. The number of nitrogens with zero attached hydrogens (tertiary/aromatic N) is 3. The Morgan fingerprint density at radius 3 is 2.68 bits per heavy atom. The Hall–Kier alpha value is -2.48. The fourth-order valence-corrected chi connectivity index (χ4v) is 4.06. The van der Waals surface area contributed by atoms with Gasteiger partial charge >= 0.3 is 0 Å². The number of aromatic amines is 1. The van der Waals surface area contributed by atoms with Crippen LogP contribution >= 0.6 is 12.2 Å². The quantitative estimate of drug-likeness (QED) is 0.755. The first-order valence-corrected chi connectivity index (χ1v) is 10.1. The van der Waals surface area contributed by atoms with E-state index in [-0.39, 0.29) is 17.7 Å². The predicted molar refractivity (Wildman–Crippen MR) is 109 cm³/mol. The minimum atomic E-state index is -0.208. The highest BCUT2D eigenvalue weighted by molar-refractivity contribution is 7.71. The highest BCUT2D eigenvalue weighted by Gasteiger charge is 2.29. The van der Waals surface area contributed by atoms with Gasteiger partial charge in [0.05, 0.1) is 12.5 Å². The van der Waals surface area contributed by atoms with Crippen molar-refractivity contribution >= 4 is 24.0 Å². The Bertz CT molecular complexity index is 913. The van der Waals surface area contributed by atoms with E-state index in [4.69, 9.17) is 12.2 Å². The number of carbonyl (C=O) groups is 2. The maximum atomic E-state index is 12.9. The zero-order valence-corrected chi connectivity index (χ0v) is 17.4. The van der Waals surface area contributed by atoms with Gasteiger partial charge in [-0.2, -0.15) is 5.10 Å². The average Bonchev–Trinajstić information content (AvgIpc) is 3.04. The fraction of sp³-hybridized carbons (Fsp3) is 0.500. The van der Waals surface area contributed by atoms with Crippen LogP contribution in [0.3, 0.4) is 0 Å². The van der Waals surface area contributed by atoms with Gasteiger partial charge in [-0.1, -0.05) is 17.2 Å². The van der Waals surface area contributed by atoms with Crippen molar-refractivity contribution in [3.63, 3.8) is 0 Å².